The number of thiophene rings is 1. The minimum atomic E-state index is 0.475. The van der Waals surface area contributed by atoms with Crippen molar-refractivity contribution < 1.29 is 0 Å². The van der Waals surface area contributed by atoms with Gasteiger partial charge in [0.05, 0.1) is 0 Å². The van der Waals surface area contributed by atoms with Crippen molar-refractivity contribution in [3.63, 3.8) is 0 Å². The third-order valence-electron chi connectivity index (χ3n) is 4.17. The van der Waals surface area contributed by atoms with E-state index in [4.69, 9.17) is 11.6 Å². The molecule has 3 nitrogen and oxygen atoms in total. The number of hydrogen-bond acceptors (Lipinski definition) is 4. The molecule has 0 aliphatic heterocycles. The van der Waals surface area contributed by atoms with Gasteiger partial charge in [0, 0.05) is 16.3 Å². The van der Waals surface area contributed by atoms with Crippen LogP contribution < -0.4 is 5.32 Å². The number of hydrogen-bond donors (Lipinski definition) is 1. The Labute approximate surface area is 128 Å². The van der Waals surface area contributed by atoms with Crippen LogP contribution in [0, 0.1) is 5.92 Å². The topological polar surface area (TPSA) is 37.8 Å². The molecule has 1 aliphatic carbocycles. The number of fused-ring (bicyclic) bond motifs is 1. The number of nitrogens with zero attached hydrogens (tertiary/aromatic N) is 2. The fraction of sp³-hybridized carbons (Fsp3) is 0.600. The second-order valence-electron chi connectivity index (χ2n) is 5.64. The Morgan fingerprint density at radius 3 is 2.90 bits per heavy atom. The molecule has 2 heterocycles. The second kappa shape index (κ2) is 5.86. The van der Waals surface area contributed by atoms with Gasteiger partial charge in [-0.15, -0.1) is 11.3 Å². The number of nitrogens with one attached hydrogen (secondary N) is 1. The molecule has 1 fully saturated rings. The van der Waals surface area contributed by atoms with E-state index in [0.717, 1.165) is 16.6 Å². The van der Waals surface area contributed by atoms with E-state index < -0.39 is 0 Å². The Hall–Kier alpha value is -0.870. The van der Waals surface area contributed by atoms with E-state index >= 15 is 0 Å². The van der Waals surface area contributed by atoms with Gasteiger partial charge in [0.15, 0.2) is 0 Å². The zero-order chi connectivity index (χ0) is 14.1. The molecule has 2 aromatic heterocycles. The summed E-state index contributed by atoms with van der Waals surface area (Å²) in [7, 11) is 0. The third kappa shape index (κ3) is 2.77. The quantitative estimate of drug-likeness (QED) is 0.820. The lowest BCUT2D eigenvalue weighted by molar-refractivity contribution is 0.348. The van der Waals surface area contributed by atoms with E-state index in [0.29, 0.717) is 23.1 Å². The van der Waals surface area contributed by atoms with Crippen LogP contribution in [0.4, 0.5) is 5.95 Å². The molecular weight excluding hydrogens is 290 g/mol. The van der Waals surface area contributed by atoms with E-state index in [2.05, 4.69) is 35.2 Å². The van der Waals surface area contributed by atoms with Gasteiger partial charge in [0.1, 0.15) is 9.98 Å². The molecular formula is C15H20ClN3S. The molecule has 20 heavy (non-hydrogen) atoms. The molecule has 1 saturated carbocycles. The zero-order valence-corrected chi connectivity index (χ0v) is 13.5. The highest BCUT2D eigenvalue weighted by atomic mass is 35.5. The van der Waals surface area contributed by atoms with Crippen molar-refractivity contribution in [2.75, 3.05) is 5.32 Å². The van der Waals surface area contributed by atoms with Crippen LogP contribution in [-0.4, -0.2) is 16.0 Å². The summed E-state index contributed by atoms with van der Waals surface area (Å²) in [6, 6.07) is 2.58. The largest absolute Gasteiger partial charge is 0.351 e. The summed E-state index contributed by atoms with van der Waals surface area (Å²) < 4.78 is 0. The molecule has 2 unspecified atom stereocenters. The molecule has 0 amide bonds. The lowest BCUT2D eigenvalue weighted by Crippen LogP contribution is -2.31. The van der Waals surface area contributed by atoms with Crippen molar-refractivity contribution in [3.8, 4) is 0 Å². The maximum Gasteiger partial charge on any atom is 0.225 e. The van der Waals surface area contributed by atoms with Crippen LogP contribution in [0.5, 0.6) is 0 Å². The zero-order valence-electron chi connectivity index (χ0n) is 11.9. The molecule has 5 heteroatoms. The summed E-state index contributed by atoms with van der Waals surface area (Å²) in [4.78, 5) is 11.4. The van der Waals surface area contributed by atoms with Gasteiger partial charge >= 0.3 is 0 Å². The summed E-state index contributed by atoms with van der Waals surface area (Å²) in [5, 5.41) is 5.04. The fourth-order valence-corrected chi connectivity index (χ4v) is 4.12. The van der Waals surface area contributed by atoms with Crippen LogP contribution in [0.2, 0.25) is 5.15 Å². The standard InChI is InChI=1S/C15H20ClN3S/c1-3-10-8-11-13(16)18-15(19-14(11)20-10)17-12-7-5-4-6-9(12)2/h8-9,12H,3-7H2,1-2H3,(H,17,18,19). The number of aryl methyl sites for hydroxylation is 1. The van der Waals surface area contributed by atoms with Crippen molar-refractivity contribution >= 4 is 39.1 Å². The Morgan fingerprint density at radius 1 is 1.35 bits per heavy atom. The first-order valence-corrected chi connectivity index (χ1v) is 8.59. The first kappa shape index (κ1) is 14.1. The SMILES string of the molecule is CCc1cc2c(Cl)nc(NC3CCCCC3C)nc2s1. The normalized spacial score (nSPS) is 23.1. The van der Waals surface area contributed by atoms with Gasteiger partial charge in [-0.1, -0.05) is 38.3 Å². The summed E-state index contributed by atoms with van der Waals surface area (Å²) in [5.41, 5.74) is 0. The average Bonchev–Trinajstić information content (AvgIpc) is 2.85. The van der Waals surface area contributed by atoms with Gasteiger partial charge in [-0.25, -0.2) is 9.97 Å². The monoisotopic (exact) mass is 309 g/mol. The first-order chi connectivity index (χ1) is 9.67. The molecule has 1 aliphatic rings. The van der Waals surface area contributed by atoms with Gasteiger partial charge in [-0.05, 0) is 31.2 Å². The summed E-state index contributed by atoms with van der Waals surface area (Å²) in [5.74, 6) is 1.36. The van der Waals surface area contributed by atoms with Crippen molar-refractivity contribution in [1.29, 1.82) is 0 Å². The van der Waals surface area contributed by atoms with E-state index in [1.165, 1.54) is 30.6 Å². The summed E-state index contributed by atoms with van der Waals surface area (Å²) in [6.45, 7) is 4.45. The molecule has 2 atom stereocenters. The second-order valence-corrected chi connectivity index (χ2v) is 7.11. The molecule has 0 aromatic carbocycles. The van der Waals surface area contributed by atoms with Crippen molar-refractivity contribution in [2.24, 2.45) is 5.92 Å². The molecule has 0 radical (unpaired) electrons. The Kier molecular flexibility index (Phi) is 4.13. The van der Waals surface area contributed by atoms with Crippen molar-refractivity contribution in [3.05, 3.63) is 16.1 Å². The van der Waals surface area contributed by atoms with E-state index in [9.17, 15) is 0 Å². The Balaban J connectivity index is 1.87. The molecule has 1 N–H and O–H groups in total. The Morgan fingerprint density at radius 2 is 2.15 bits per heavy atom. The van der Waals surface area contributed by atoms with E-state index in [1.807, 2.05) is 0 Å². The predicted molar refractivity (Wildman–Crippen MR) is 86.8 cm³/mol. The number of halogens is 1. The van der Waals surface area contributed by atoms with Crippen LogP contribution >= 0.6 is 22.9 Å². The molecule has 0 spiro atoms. The van der Waals surface area contributed by atoms with Gasteiger partial charge < -0.3 is 5.32 Å². The van der Waals surface area contributed by atoms with Crippen LogP contribution in [0.15, 0.2) is 6.07 Å². The van der Waals surface area contributed by atoms with Crippen molar-refractivity contribution in [2.45, 2.75) is 52.0 Å². The van der Waals surface area contributed by atoms with E-state index in [1.54, 1.807) is 11.3 Å². The molecule has 108 valence electrons. The van der Waals surface area contributed by atoms with Crippen LogP contribution in [0.1, 0.15) is 44.4 Å². The predicted octanol–water partition coefficient (Wildman–Crippen LogP) is 4.90. The fourth-order valence-electron chi connectivity index (χ4n) is 2.87. The van der Waals surface area contributed by atoms with Crippen LogP contribution in [0.3, 0.4) is 0 Å². The molecule has 3 rings (SSSR count). The summed E-state index contributed by atoms with van der Waals surface area (Å²) in [6.07, 6.45) is 6.12. The smallest absolute Gasteiger partial charge is 0.225 e. The van der Waals surface area contributed by atoms with E-state index in [-0.39, 0.29) is 0 Å². The molecule has 2 aromatic rings. The average molecular weight is 310 g/mol. The van der Waals surface area contributed by atoms with Gasteiger partial charge in [0.2, 0.25) is 5.95 Å². The number of anilines is 1. The molecule has 0 saturated heterocycles. The Bertz CT molecular complexity index is 610. The highest BCUT2D eigenvalue weighted by Crippen LogP contribution is 2.31. The van der Waals surface area contributed by atoms with Crippen molar-refractivity contribution in [1.82, 2.24) is 9.97 Å². The summed E-state index contributed by atoms with van der Waals surface area (Å²) >= 11 is 8.02. The third-order valence-corrected chi connectivity index (χ3v) is 5.63. The van der Waals surface area contributed by atoms with Crippen LogP contribution in [-0.2, 0) is 6.42 Å². The minimum Gasteiger partial charge on any atom is -0.351 e. The number of aromatic nitrogens is 2. The minimum absolute atomic E-state index is 0.475. The number of rotatable bonds is 3. The maximum atomic E-state index is 6.30. The van der Waals surface area contributed by atoms with Gasteiger partial charge in [-0.2, -0.15) is 0 Å². The lowest BCUT2D eigenvalue weighted by atomic mass is 9.86. The first-order valence-electron chi connectivity index (χ1n) is 7.40. The van der Waals surface area contributed by atoms with Crippen LogP contribution in [0.25, 0.3) is 10.2 Å². The highest BCUT2D eigenvalue weighted by Gasteiger charge is 2.22. The van der Waals surface area contributed by atoms with Gasteiger partial charge in [-0.3, -0.25) is 0 Å². The molecule has 0 bridgehead atoms. The van der Waals surface area contributed by atoms with Gasteiger partial charge in [0.25, 0.3) is 0 Å². The highest BCUT2D eigenvalue weighted by molar-refractivity contribution is 7.18. The maximum absolute atomic E-state index is 6.30. The lowest BCUT2D eigenvalue weighted by Gasteiger charge is -2.29.